The van der Waals surface area contributed by atoms with Crippen LogP contribution in [0.25, 0.3) is 0 Å². The molecular weight excluding hydrogens is 448 g/mol. The maximum atomic E-state index is 13.2. The van der Waals surface area contributed by atoms with E-state index >= 15 is 0 Å². The number of rotatable bonds is 5. The number of fused-ring (bicyclic) bond motifs is 3. The molecule has 3 aromatic carbocycles. The largest absolute Gasteiger partial charge is 0.504 e. The molecule has 0 spiro atoms. The van der Waals surface area contributed by atoms with Gasteiger partial charge in [-0.25, -0.2) is 8.42 Å². The number of hydrogen-bond donors (Lipinski definition) is 3. The lowest BCUT2D eigenvalue weighted by molar-refractivity contribution is 0.370. The Morgan fingerprint density at radius 2 is 1.88 bits per heavy atom. The van der Waals surface area contributed by atoms with Gasteiger partial charge in [0.05, 0.1) is 23.7 Å². The van der Waals surface area contributed by atoms with Gasteiger partial charge in [0.2, 0.25) is 0 Å². The Hall–Kier alpha value is -3.45. The first kappa shape index (κ1) is 22.3. The van der Waals surface area contributed by atoms with Crippen LogP contribution in [-0.4, -0.2) is 20.6 Å². The van der Waals surface area contributed by atoms with Crippen LogP contribution in [0.15, 0.2) is 71.6 Å². The summed E-state index contributed by atoms with van der Waals surface area (Å²) < 4.78 is 34.5. The number of methoxy groups -OCH3 is 1. The number of allylic oxidation sites excluding steroid dienone is 2. The van der Waals surface area contributed by atoms with Crippen molar-refractivity contribution < 1.29 is 18.3 Å². The van der Waals surface area contributed by atoms with Crippen molar-refractivity contribution in [2.45, 2.75) is 37.1 Å². The summed E-state index contributed by atoms with van der Waals surface area (Å²) in [5.41, 5.74) is 5.46. The fourth-order valence-electron chi connectivity index (χ4n) is 5.09. The highest BCUT2D eigenvalue weighted by atomic mass is 32.2. The molecule has 5 rings (SSSR count). The van der Waals surface area contributed by atoms with E-state index in [-0.39, 0.29) is 28.5 Å². The Morgan fingerprint density at radius 3 is 2.65 bits per heavy atom. The zero-order valence-corrected chi connectivity index (χ0v) is 20.2. The average molecular weight is 477 g/mol. The Balaban J connectivity index is 1.49. The Morgan fingerprint density at radius 1 is 1.06 bits per heavy atom. The van der Waals surface area contributed by atoms with Crippen LogP contribution < -0.4 is 14.8 Å². The molecule has 176 valence electrons. The topological polar surface area (TPSA) is 87.7 Å². The molecule has 1 heterocycles. The molecule has 3 aromatic rings. The molecule has 0 bridgehead atoms. The number of aryl methyl sites for hydroxylation is 2. The van der Waals surface area contributed by atoms with Crippen molar-refractivity contribution in [2.75, 3.05) is 17.1 Å². The van der Waals surface area contributed by atoms with Gasteiger partial charge < -0.3 is 15.2 Å². The van der Waals surface area contributed by atoms with Gasteiger partial charge >= 0.3 is 0 Å². The van der Waals surface area contributed by atoms with Crippen molar-refractivity contribution in [3.63, 3.8) is 0 Å². The molecule has 2 aliphatic rings. The third-order valence-electron chi connectivity index (χ3n) is 6.83. The molecule has 1 aliphatic carbocycles. The van der Waals surface area contributed by atoms with E-state index in [2.05, 4.69) is 22.2 Å². The summed E-state index contributed by atoms with van der Waals surface area (Å²) in [5.74, 6) is 0.866. The van der Waals surface area contributed by atoms with Crippen molar-refractivity contribution in [3.8, 4) is 11.5 Å². The summed E-state index contributed by atoms with van der Waals surface area (Å²) in [5, 5.41) is 13.6. The quantitative estimate of drug-likeness (QED) is 0.415. The zero-order chi connectivity index (χ0) is 24.0. The summed E-state index contributed by atoms with van der Waals surface area (Å²) >= 11 is 0. The van der Waals surface area contributed by atoms with Crippen LogP contribution in [0, 0.1) is 19.8 Å². The maximum absolute atomic E-state index is 13.2. The molecule has 0 amide bonds. The number of anilines is 2. The molecule has 3 atom stereocenters. The number of phenols is 1. The van der Waals surface area contributed by atoms with Gasteiger partial charge in [-0.1, -0.05) is 35.9 Å². The van der Waals surface area contributed by atoms with Crippen LogP contribution >= 0.6 is 0 Å². The first-order chi connectivity index (χ1) is 16.3. The predicted molar refractivity (Wildman–Crippen MR) is 134 cm³/mol. The molecule has 7 heteroatoms. The second-order valence-electron chi connectivity index (χ2n) is 9.08. The molecule has 0 fully saturated rings. The minimum Gasteiger partial charge on any atom is -0.504 e. The number of benzene rings is 3. The van der Waals surface area contributed by atoms with Crippen LogP contribution in [-0.2, 0) is 10.0 Å². The van der Waals surface area contributed by atoms with Gasteiger partial charge in [-0.05, 0) is 79.3 Å². The highest BCUT2D eigenvalue weighted by Crippen LogP contribution is 2.50. The number of phenolic OH excluding ortho intramolecular Hbond substituents is 1. The van der Waals surface area contributed by atoms with Crippen LogP contribution in [0.4, 0.5) is 11.4 Å². The molecule has 3 N–H and O–H groups in total. The predicted octanol–water partition coefficient (Wildman–Crippen LogP) is 5.64. The Labute approximate surface area is 200 Å². The van der Waals surface area contributed by atoms with Crippen molar-refractivity contribution in [1.82, 2.24) is 0 Å². The lowest BCUT2D eigenvalue weighted by Crippen LogP contribution is -2.29. The molecule has 6 nitrogen and oxygen atoms in total. The number of nitrogens with one attached hydrogen (secondary N) is 2. The van der Waals surface area contributed by atoms with E-state index in [1.165, 1.54) is 7.11 Å². The number of sulfonamides is 1. The molecular formula is C27H28N2O4S. The van der Waals surface area contributed by atoms with Crippen molar-refractivity contribution in [3.05, 3.63) is 89.0 Å². The van der Waals surface area contributed by atoms with Gasteiger partial charge in [-0.3, -0.25) is 4.72 Å². The van der Waals surface area contributed by atoms with Gasteiger partial charge in [0.1, 0.15) is 0 Å². The molecule has 0 saturated carbocycles. The number of hydrogen-bond acceptors (Lipinski definition) is 5. The van der Waals surface area contributed by atoms with E-state index in [4.69, 9.17) is 4.74 Å². The summed E-state index contributed by atoms with van der Waals surface area (Å²) in [4.78, 5) is 0.247. The van der Waals surface area contributed by atoms with E-state index in [0.29, 0.717) is 11.4 Å². The van der Waals surface area contributed by atoms with Gasteiger partial charge in [0.25, 0.3) is 10.0 Å². The van der Waals surface area contributed by atoms with Crippen molar-refractivity contribution in [1.29, 1.82) is 0 Å². The van der Waals surface area contributed by atoms with E-state index in [9.17, 15) is 13.5 Å². The standard InChI is InChI=1S/C27H28N2O4S/c1-16-7-10-23(17(2)13-16)29-34(31,32)19-9-11-24-22(15-19)20-5-4-6-21(20)27(28-24)18-8-12-25(30)26(14-18)33-3/h4-5,7-15,20-21,27-30H,6H2,1-3H3. The lowest BCUT2D eigenvalue weighted by atomic mass is 9.77. The van der Waals surface area contributed by atoms with Crippen LogP contribution in [0.3, 0.4) is 0 Å². The fourth-order valence-corrected chi connectivity index (χ4v) is 6.25. The first-order valence-electron chi connectivity index (χ1n) is 11.3. The fraction of sp³-hybridized carbons (Fsp3) is 0.259. The monoisotopic (exact) mass is 476 g/mol. The second-order valence-corrected chi connectivity index (χ2v) is 10.8. The van der Waals surface area contributed by atoms with Gasteiger partial charge in [0.15, 0.2) is 11.5 Å². The molecule has 0 radical (unpaired) electrons. The van der Waals surface area contributed by atoms with Crippen molar-refractivity contribution in [2.24, 2.45) is 5.92 Å². The minimum absolute atomic E-state index is 0.0118. The van der Waals surface area contributed by atoms with Gasteiger partial charge in [0, 0.05) is 11.6 Å². The third-order valence-corrected chi connectivity index (χ3v) is 8.20. The highest BCUT2D eigenvalue weighted by molar-refractivity contribution is 7.92. The van der Waals surface area contributed by atoms with Crippen molar-refractivity contribution >= 4 is 21.4 Å². The molecule has 34 heavy (non-hydrogen) atoms. The van der Waals surface area contributed by atoms with E-state index in [0.717, 1.165) is 34.4 Å². The number of ether oxygens (including phenoxy) is 1. The van der Waals surface area contributed by atoms with Gasteiger partial charge in [-0.15, -0.1) is 0 Å². The summed E-state index contributed by atoms with van der Waals surface area (Å²) in [7, 11) is -2.20. The van der Waals surface area contributed by atoms with Gasteiger partial charge in [-0.2, -0.15) is 0 Å². The minimum atomic E-state index is -3.74. The lowest BCUT2D eigenvalue weighted by Gasteiger charge is -2.37. The zero-order valence-electron chi connectivity index (χ0n) is 19.4. The SMILES string of the molecule is COc1cc(C2Nc3ccc(S(=O)(=O)Nc4ccc(C)cc4C)cc3C3C=CCC32)ccc1O. The number of aromatic hydroxyl groups is 1. The second kappa shape index (κ2) is 8.40. The van der Waals surface area contributed by atoms with Crippen LogP contribution in [0.1, 0.15) is 40.6 Å². The Bertz CT molecular complexity index is 1400. The van der Waals surface area contributed by atoms with E-state index in [1.807, 2.05) is 44.2 Å². The summed E-state index contributed by atoms with van der Waals surface area (Å²) in [6.45, 7) is 3.88. The first-order valence-corrected chi connectivity index (χ1v) is 12.8. The normalized spacial score (nSPS) is 20.9. The van der Waals surface area contributed by atoms with Crippen LogP contribution in [0.5, 0.6) is 11.5 Å². The molecule has 1 aliphatic heterocycles. The highest BCUT2D eigenvalue weighted by Gasteiger charge is 2.38. The van der Waals surface area contributed by atoms with Crippen LogP contribution in [0.2, 0.25) is 0 Å². The summed E-state index contributed by atoms with van der Waals surface area (Å²) in [6.07, 6.45) is 5.21. The molecule has 0 saturated heterocycles. The molecule has 0 aromatic heterocycles. The maximum Gasteiger partial charge on any atom is 0.261 e. The third kappa shape index (κ3) is 3.90. The van der Waals surface area contributed by atoms with E-state index in [1.54, 1.807) is 24.3 Å². The smallest absolute Gasteiger partial charge is 0.261 e. The summed E-state index contributed by atoms with van der Waals surface area (Å²) in [6, 6.07) is 16.4. The Kier molecular flexibility index (Phi) is 5.52. The average Bonchev–Trinajstić information content (AvgIpc) is 3.31. The van der Waals surface area contributed by atoms with E-state index < -0.39 is 10.0 Å². The molecule has 3 unspecified atom stereocenters.